The number of hydrogen-bond donors (Lipinski definition) is 1. The van der Waals surface area contributed by atoms with Crippen molar-refractivity contribution >= 4 is 17.2 Å². The number of benzene rings is 1. The molecule has 0 radical (unpaired) electrons. The van der Waals surface area contributed by atoms with Crippen molar-refractivity contribution in [3.05, 3.63) is 40.2 Å². The van der Waals surface area contributed by atoms with Gasteiger partial charge >= 0.3 is 0 Å². The van der Waals surface area contributed by atoms with E-state index < -0.39 is 0 Å². The van der Waals surface area contributed by atoms with Gasteiger partial charge in [-0.25, -0.2) is 4.98 Å². The number of aryl methyl sites for hydroxylation is 1. The van der Waals surface area contributed by atoms with Gasteiger partial charge in [0.25, 0.3) is 5.91 Å². The fourth-order valence-electron chi connectivity index (χ4n) is 2.89. The lowest BCUT2D eigenvalue weighted by atomic mass is 10.0. The first-order valence-electron chi connectivity index (χ1n) is 7.66. The zero-order valence-electron chi connectivity index (χ0n) is 13.0. The first-order chi connectivity index (χ1) is 10.7. The third-order valence-corrected chi connectivity index (χ3v) is 4.91. The molecule has 1 aromatic carbocycles. The fraction of sp³-hybridized carbons (Fsp3) is 0.412. The molecule has 1 atom stereocenters. The molecule has 0 spiro atoms. The molecule has 1 fully saturated rings. The van der Waals surface area contributed by atoms with Crippen LogP contribution in [0.5, 0.6) is 0 Å². The summed E-state index contributed by atoms with van der Waals surface area (Å²) in [5, 5.41) is 6.36. The third kappa shape index (κ3) is 3.20. The summed E-state index contributed by atoms with van der Waals surface area (Å²) >= 11 is 1.63. The minimum absolute atomic E-state index is 0.119. The van der Waals surface area contributed by atoms with E-state index in [-0.39, 0.29) is 5.91 Å². The van der Waals surface area contributed by atoms with Gasteiger partial charge in [0, 0.05) is 35.6 Å². The van der Waals surface area contributed by atoms with E-state index >= 15 is 0 Å². The van der Waals surface area contributed by atoms with Crippen LogP contribution in [0.15, 0.2) is 29.6 Å². The Morgan fingerprint density at radius 3 is 3.05 bits per heavy atom. The molecular weight excluding hydrogens is 294 g/mol. The zero-order chi connectivity index (χ0) is 15.5. The Morgan fingerprint density at radius 2 is 2.32 bits per heavy atom. The Balaban J connectivity index is 1.81. The molecule has 5 heteroatoms. The highest BCUT2D eigenvalue weighted by Gasteiger charge is 2.23. The molecule has 4 nitrogen and oxygen atoms in total. The lowest BCUT2D eigenvalue weighted by molar-refractivity contribution is 0.0698. The van der Waals surface area contributed by atoms with Crippen molar-refractivity contribution in [2.45, 2.75) is 25.8 Å². The molecule has 1 unspecified atom stereocenters. The van der Waals surface area contributed by atoms with Crippen LogP contribution in [0.2, 0.25) is 0 Å². The van der Waals surface area contributed by atoms with E-state index in [0.717, 1.165) is 47.8 Å². The highest BCUT2D eigenvalue weighted by atomic mass is 32.1. The summed E-state index contributed by atoms with van der Waals surface area (Å²) in [6.07, 6.45) is 2.20. The van der Waals surface area contributed by atoms with Crippen LogP contribution in [0.4, 0.5) is 0 Å². The second-order valence-electron chi connectivity index (χ2n) is 5.71. The number of rotatable bonds is 3. The average molecular weight is 315 g/mol. The van der Waals surface area contributed by atoms with Gasteiger partial charge in [0.1, 0.15) is 0 Å². The van der Waals surface area contributed by atoms with E-state index in [1.807, 2.05) is 48.5 Å². The van der Waals surface area contributed by atoms with Gasteiger partial charge < -0.3 is 10.2 Å². The molecule has 0 bridgehead atoms. The van der Waals surface area contributed by atoms with Crippen LogP contribution in [0, 0.1) is 6.92 Å². The summed E-state index contributed by atoms with van der Waals surface area (Å²) in [6.45, 7) is 3.63. The molecule has 2 aromatic rings. The number of hydrogen-bond acceptors (Lipinski definition) is 4. The molecule has 2 heterocycles. The summed E-state index contributed by atoms with van der Waals surface area (Å²) in [4.78, 5) is 19.2. The quantitative estimate of drug-likeness (QED) is 0.947. The highest BCUT2D eigenvalue weighted by molar-refractivity contribution is 7.09. The molecule has 1 aliphatic rings. The minimum atomic E-state index is 0.119. The molecule has 1 saturated heterocycles. The smallest absolute Gasteiger partial charge is 0.253 e. The number of likely N-dealkylation sites (tertiary alicyclic amines) is 1. The molecule has 22 heavy (non-hydrogen) atoms. The van der Waals surface area contributed by atoms with Gasteiger partial charge in [0.2, 0.25) is 0 Å². The zero-order valence-corrected chi connectivity index (χ0v) is 13.8. The van der Waals surface area contributed by atoms with Crippen molar-refractivity contribution in [1.29, 1.82) is 0 Å². The van der Waals surface area contributed by atoms with E-state index in [1.165, 1.54) is 0 Å². The number of amides is 1. The molecule has 3 rings (SSSR count). The molecule has 1 N–H and O–H groups in total. The number of aromatic nitrogens is 1. The summed E-state index contributed by atoms with van der Waals surface area (Å²) in [7, 11) is 1.96. The highest BCUT2D eigenvalue weighted by Crippen LogP contribution is 2.23. The monoisotopic (exact) mass is 315 g/mol. The number of nitrogens with zero attached hydrogens (tertiary/aromatic N) is 2. The Hall–Kier alpha value is -1.72. The van der Waals surface area contributed by atoms with Crippen molar-refractivity contribution in [3.8, 4) is 11.3 Å². The van der Waals surface area contributed by atoms with E-state index in [4.69, 9.17) is 0 Å². The largest absolute Gasteiger partial charge is 0.337 e. The molecule has 1 amide bonds. The normalized spacial score (nSPS) is 18.5. The second-order valence-corrected chi connectivity index (χ2v) is 6.77. The molecular formula is C17H21N3OS. The third-order valence-electron chi connectivity index (χ3n) is 4.14. The lowest BCUT2D eigenvalue weighted by Gasteiger charge is -2.32. The van der Waals surface area contributed by atoms with Gasteiger partial charge in [-0.3, -0.25) is 4.79 Å². The van der Waals surface area contributed by atoms with Gasteiger partial charge in [-0.15, -0.1) is 11.3 Å². The van der Waals surface area contributed by atoms with E-state index in [9.17, 15) is 4.79 Å². The van der Waals surface area contributed by atoms with Crippen molar-refractivity contribution < 1.29 is 4.79 Å². The summed E-state index contributed by atoms with van der Waals surface area (Å²) in [5.41, 5.74) is 2.71. The Bertz CT molecular complexity index is 667. The van der Waals surface area contributed by atoms with Gasteiger partial charge in [-0.05, 0) is 38.9 Å². The average Bonchev–Trinajstić information content (AvgIpc) is 3.01. The maximum absolute atomic E-state index is 12.7. The molecule has 0 saturated carbocycles. The van der Waals surface area contributed by atoms with Crippen LogP contribution in [0.1, 0.15) is 28.2 Å². The number of likely N-dealkylation sites (N-methyl/N-ethyl adjacent to an activating group) is 1. The molecule has 1 aromatic heterocycles. The Labute approximate surface area is 135 Å². The van der Waals surface area contributed by atoms with Crippen LogP contribution in [0.3, 0.4) is 0 Å². The predicted octanol–water partition coefficient (Wildman–Crippen LogP) is 2.94. The maximum atomic E-state index is 12.7. The number of nitrogens with one attached hydrogen (secondary N) is 1. The van der Waals surface area contributed by atoms with Crippen LogP contribution in [0.25, 0.3) is 11.3 Å². The van der Waals surface area contributed by atoms with E-state index in [2.05, 4.69) is 10.3 Å². The standard InChI is InChI=1S/C17H21N3OS/c1-12-19-16(11-22-12)13-5-3-6-14(9-13)17(21)20-8-4-7-15(10-20)18-2/h3,5-6,9,11,15,18H,4,7-8,10H2,1-2H3. The van der Waals surface area contributed by atoms with Crippen molar-refractivity contribution in [1.82, 2.24) is 15.2 Å². The summed E-state index contributed by atoms with van der Waals surface area (Å²) in [5.74, 6) is 0.119. The van der Waals surface area contributed by atoms with Gasteiger partial charge in [-0.2, -0.15) is 0 Å². The second kappa shape index (κ2) is 6.58. The summed E-state index contributed by atoms with van der Waals surface area (Å²) < 4.78 is 0. The Kier molecular flexibility index (Phi) is 4.55. The molecule has 116 valence electrons. The lowest BCUT2D eigenvalue weighted by Crippen LogP contribution is -2.46. The van der Waals surface area contributed by atoms with Crippen LogP contribution >= 0.6 is 11.3 Å². The van der Waals surface area contributed by atoms with Crippen molar-refractivity contribution in [2.24, 2.45) is 0 Å². The van der Waals surface area contributed by atoms with E-state index in [0.29, 0.717) is 6.04 Å². The maximum Gasteiger partial charge on any atom is 0.253 e. The van der Waals surface area contributed by atoms with Crippen LogP contribution in [-0.2, 0) is 0 Å². The number of carbonyl (C=O) groups excluding carboxylic acids is 1. The van der Waals surface area contributed by atoms with Crippen molar-refractivity contribution in [2.75, 3.05) is 20.1 Å². The fourth-order valence-corrected chi connectivity index (χ4v) is 3.51. The SMILES string of the molecule is CNC1CCCN(C(=O)c2cccc(-c3csc(C)n3)c2)C1. The topological polar surface area (TPSA) is 45.2 Å². The van der Waals surface area contributed by atoms with E-state index in [1.54, 1.807) is 11.3 Å². The predicted molar refractivity (Wildman–Crippen MR) is 90.3 cm³/mol. The first-order valence-corrected chi connectivity index (χ1v) is 8.54. The first kappa shape index (κ1) is 15.2. The molecule has 0 aliphatic carbocycles. The number of piperidine rings is 1. The van der Waals surface area contributed by atoms with Crippen LogP contribution in [-0.4, -0.2) is 42.0 Å². The van der Waals surface area contributed by atoms with Gasteiger partial charge in [0.05, 0.1) is 10.7 Å². The molecule has 1 aliphatic heterocycles. The number of thiazole rings is 1. The van der Waals surface area contributed by atoms with Crippen LogP contribution < -0.4 is 5.32 Å². The van der Waals surface area contributed by atoms with Gasteiger partial charge in [0.15, 0.2) is 0 Å². The Morgan fingerprint density at radius 1 is 1.45 bits per heavy atom. The number of carbonyl (C=O) groups is 1. The van der Waals surface area contributed by atoms with Gasteiger partial charge in [-0.1, -0.05) is 12.1 Å². The summed E-state index contributed by atoms with van der Waals surface area (Å²) in [6, 6.07) is 8.21. The van der Waals surface area contributed by atoms with Crippen molar-refractivity contribution in [3.63, 3.8) is 0 Å². The minimum Gasteiger partial charge on any atom is -0.337 e.